The molecule has 2 atom stereocenters. The fourth-order valence-electron chi connectivity index (χ4n) is 2.56. The number of carboxylic acids is 1. The van der Waals surface area contributed by atoms with Gasteiger partial charge in [-0.25, -0.2) is 4.79 Å². The van der Waals surface area contributed by atoms with Crippen LogP contribution in [0.2, 0.25) is 5.02 Å². The van der Waals surface area contributed by atoms with Crippen LogP contribution in [0, 0.1) is 17.8 Å². The van der Waals surface area contributed by atoms with E-state index in [1.807, 2.05) is 0 Å². The van der Waals surface area contributed by atoms with Crippen molar-refractivity contribution in [3.05, 3.63) is 28.8 Å². The van der Waals surface area contributed by atoms with E-state index in [1.54, 1.807) is 6.07 Å². The molecule has 2 aliphatic rings. The number of carbonyl (C=O) groups excluding carboxylic acids is 1. The van der Waals surface area contributed by atoms with Crippen LogP contribution in [-0.2, 0) is 4.79 Å². The van der Waals surface area contributed by atoms with Gasteiger partial charge in [-0.2, -0.15) is 0 Å². The van der Waals surface area contributed by atoms with E-state index in [1.165, 1.54) is 25.0 Å². The van der Waals surface area contributed by atoms with Crippen molar-refractivity contribution in [2.24, 2.45) is 17.8 Å². The van der Waals surface area contributed by atoms with Crippen LogP contribution in [0.25, 0.3) is 0 Å². The van der Waals surface area contributed by atoms with Crippen LogP contribution >= 0.6 is 11.6 Å². The number of carboxylic acid groups (broad SMARTS) is 1. The minimum Gasteiger partial charge on any atom is -0.478 e. The quantitative estimate of drug-likeness (QED) is 0.890. The second-order valence-corrected chi connectivity index (χ2v) is 5.74. The molecule has 2 fully saturated rings. The van der Waals surface area contributed by atoms with E-state index in [9.17, 15) is 9.59 Å². The molecule has 2 aliphatic carbocycles. The topological polar surface area (TPSA) is 66.4 Å². The highest BCUT2D eigenvalue weighted by molar-refractivity contribution is 6.33. The Morgan fingerprint density at radius 2 is 2.05 bits per heavy atom. The molecule has 0 radical (unpaired) electrons. The fourth-order valence-corrected chi connectivity index (χ4v) is 2.82. The Bertz CT molecular complexity index is 554. The summed E-state index contributed by atoms with van der Waals surface area (Å²) < 4.78 is 0. The molecule has 1 aromatic rings. The van der Waals surface area contributed by atoms with Gasteiger partial charge in [0.2, 0.25) is 5.91 Å². The van der Waals surface area contributed by atoms with Crippen LogP contribution in [0.3, 0.4) is 0 Å². The number of nitrogens with one attached hydrogen (secondary N) is 1. The standard InChI is InChI=1S/C14H14ClNO3/c15-12-5-8(3-4-9(12)14(18)19)16-13(17)11-6-10(11)7-1-2-7/h3-5,7,10-11H,1-2,6H2,(H,16,17)(H,18,19)/t10-,11-/m0/s1. The van der Waals surface area contributed by atoms with Crippen LogP contribution in [-0.4, -0.2) is 17.0 Å². The maximum absolute atomic E-state index is 12.0. The van der Waals surface area contributed by atoms with Gasteiger partial charge >= 0.3 is 5.97 Å². The van der Waals surface area contributed by atoms with Crippen molar-refractivity contribution in [3.8, 4) is 0 Å². The first-order valence-electron chi connectivity index (χ1n) is 6.40. The minimum absolute atomic E-state index is 0.0241. The molecule has 0 aliphatic heterocycles. The Labute approximate surface area is 115 Å². The third-order valence-electron chi connectivity index (χ3n) is 3.87. The number of hydrogen-bond acceptors (Lipinski definition) is 2. The van der Waals surface area contributed by atoms with Crippen molar-refractivity contribution in [3.63, 3.8) is 0 Å². The lowest BCUT2D eigenvalue weighted by molar-refractivity contribution is -0.117. The van der Waals surface area contributed by atoms with E-state index in [0.717, 1.165) is 12.3 Å². The minimum atomic E-state index is -1.07. The summed E-state index contributed by atoms with van der Waals surface area (Å²) in [5.41, 5.74) is 0.600. The lowest BCUT2D eigenvalue weighted by atomic mass is 10.2. The number of halogens is 1. The number of carbonyl (C=O) groups is 2. The summed E-state index contributed by atoms with van der Waals surface area (Å²) in [5.74, 6) is 0.405. The number of anilines is 1. The van der Waals surface area contributed by atoms with E-state index in [-0.39, 0.29) is 22.4 Å². The van der Waals surface area contributed by atoms with Crippen molar-refractivity contribution >= 4 is 29.2 Å². The SMILES string of the molecule is O=C(O)c1ccc(NC(=O)[C@H]2C[C@H]2C2CC2)cc1Cl. The molecule has 1 amide bonds. The first kappa shape index (κ1) is 12.5. The van der Waals surface area contributed by atoms with Gasteiger partial charge in [-0.1, -0.05) is 11.6 Å². The van der Waals surface area contributed by atoms with E-state index in [2.05, 4.69) is 5.32 Å². The molecule has 0 bridgehead atoms. The Morgan fingerprint density at radius 3 is 2.63 bits per heavy atom. The first-order chi connectivity index (χ1) is 9.06. The van der Waals surface area contributed by atoms with E-state index < -0.39 is 5.97 Å². The summed E-state index contributed by atoms with van der Waals surface area (Å²) in [6.45, 7) is 0. The van der Waals surface area contributed by atoms with Crippen LogP contribution in [0.1, 0.15) is 29.6 Å². The lowest BCUT2D eigenvalue weighted by Gasteiger charge is -2.06. The van der Waals surface area contributed by atoms with Gasteiger partial charge < -0.3 is 10.4 Å². The molecule has 3 rings (SSSR count). The fraction of sp³-hybridized carbons (Fsp3) is 0.429. The molecule has 0 aromatic heterocycles. The second-order valence-electron chi connectivity index (χ2n) is 5.33. The zero-order valence-electron chi connectivity index (χ0n) is 10.2. The zero-order valence-corrected chi connectivity index (χ0v) is 11.0. The predicted octanol–water partition coefficient (Wildman–Crippen LogP) is 3.02. The van der Waals surface area contributed by atoms with Gasteiger partial charge in [0.15, 0.2) is 0 Å². The highest BCUT2D eigenvalue weighted by atomic mass is 35.5. The summed E-state index contributed by atoms with van der Waals surface area (Å²) >= 11 is 5.86. The molecule has 1 aromatic carbocycles. The molecule has 100 valence electrons. The van der Waals surface area contributed by atoms with Crippen LogP contribution in [0.5, 0.6) is 0 Å². The molecule has 0 heterocycles. The van der Waals surface area contributed by atoms with Crippen molar-refractivity contribution in [1.29, 1.82) is 0 Å². The van der Waals surface area contributed by atoms with Crippen LogP contribution in [0.4, 0.5) is 5.69 Å². The molecule has 0 spiro atoms. The number of aromatic carboxylic acids is 1. The molecule has 2 saturated carbocycles. The van der Waals surface area contributed by atoms with E-state index in [4.69, 9.17) is 16.7 Å². The van der Waals surface area contributed by atoms with Gasteiger partial charge in [0.05, 0.1) is 10.6 Å². The average Bonchev–Trinajstić information content (AvgIpc) is 3.20. The Kier molecular flexibility index (Phi) is 2.97. The van der Waals surface area contributed by atoms with E-state index >= 15 is 0 Å². The van der Waals surface area contributed by atoms with Gasteiger partial charge in [-0.3, -0.25) is 4.79 Å². The zero-order chi connectivity index (χ0) is 13.6. The molecular formula is C14H14ClNO3. The van der Waals surface area contributed by atoms with Crippen LogP contribution in [0.15, 0.2) is 18.2 Å². The largest absolute Gasteiger partial charge is 0.478 e. The maximum atomic E-state index is 12.0. The molecule has 4 nitrogen and oxygen atoms in total. The second kappa shape index (κ2) is 4.53. The van der Waals surface area contributed by atoms with Crippen molar-refractivity contribution < 1.29 is 14.7 Å². The first-order valence-corrected chi connectivity index (χ1v) is 6.78. The molecular weight excluding hydrogens is 266 g/mol. The van der Waals surface area contributed by atoms with Crippen LogP contribution < -0.4 is 5.32 Å². The highest BCUT2D eigenvalue weighted by Crippen LogP contribution is 2.54. The maximum Gasteiger partial charge on any atom is 0.337 e. The number of benzene rings is 1. The monoisotopic (exact) mass is 279 g/mol. The van der Waals surface area contributed by atoms with Gasteiger partial charge in [-0.15, -0.1) is 0 Å². The summed E-state index contributed by atoms with van der Waals surface area (Å²) in [4.78, 5) is 22.8. The number of amides is 1. The Hall–Kier alpha value is -1.55. The number of hydrogen-bond donors (Lipinski definition) is 2. The Morgan fingerprint density at radius 1 is 1.32 bits per heavy atom. The van der Waals surface area contributed by atoms with Crippen molar-refractivity contribution in [2.75, 3.05) is 5.32 Å². The van der Waals surface area contributed by atoms with E-state index in [0.29, 0.717) is 11.6 Å². The molecule has 2 N–H and O–H groups in total. The van der Waals surface area contributed by atoms with Gasteiger partial charge in [0, 0.05) is 11.6 Å². The van der Waals surface area contributed by atoms with Crippen molar-refractivity contribution in [2.45, 2.75) is 19.3 Å². The summed E-state index contributed by atoms with van der Waals surface area (Å²) in [7, 11) is 0. The summed E-state index contributed by atoms with van der Waals surface area (Å²) in [6.07, 6.45) is 3.50. The number of rotatable bonds is 4. The molecule has 0 unspecified atom stereocenters. The third kappa shape index (κ3) is 2.59. The third-order valence-corrected chi connectivity index (χ3v) is 4.18. The predicted molar refractivity (Wildman–Crippen MR) is 71.4 cm³/mol. The average molecular weight is 280 g/mol. The molecule has 19 heavy (non-hydrogen) atoms. The summed E-state index contributed by atoms with van der Waals surface area (Å²) in [6, 6.07) is 4.46. The normalized spacial score (nSPS) is 24.9. The highest BCUT2D eigenvalue weighted by Gasteiger charge is 2.51. The smallest absolute Gasteiger partial charge is 0.337 e. The molecule has 5 heteroatoms. The lowest BCUT2D eigenvalue weighted by Crippen LogP contribution is -2.15. The van der Waals surface area contributed by atoms with Crippen molar-refractivity contribution in [1.82, 2.24) is 0 Å². The summed E-state index contributed by atoms with van der Waals surface area (Å²) in [5, 5.41) is 11.8. The van der Waals surface area contributed by atoms with Gasteiger partial charge in [0.1, 0.15) is 0 Å². The van der Waals surface area contributed by atoms with Gasteiger partial charge in [-0.05, 0) is 49.3 Å². The Balaban J connectivity index is 1.65. The molecule has 0 saturated heterocycles. The van der Waals surface area contributed by atoms with Gasteiger partial charge in [0.25, 0.3) is 0 Å².